The van der Waals surface area contributed by atoms with Gasteiger partial charge in [0.1, 0.15) is 0 Å². The molecule has 0 aromatic heterocycles. The summed E-state index contributed by atoms with van der Waals surface area (Å²) in [6, 6.07) is 8.83. The molecule has 3 nitrogen and oxygen atoms in total. The normalized spacial score (nSPS) is 28.2. The summed E-state index contributed by atoms with van der Waals surface area (Å²) in [6.45, 7) is 6.88. The summed E-state index contributed by atoms with van der Waals surface area (Å²) in [5.74, 6) is 2.08. The third-order valence-electron chi connectivity index (χ3n) is 5.07. The Bertz CT molecular complexity index is 508. The largest absolute Gasteiger partial charge is 0.342 e. The maximum Gasteiger partial charge on any atom is 0.226 e. The van der Waals surface area contributed by atoms with Crippen molar-refractivity contribution in [1.29, 1.82) is 0 Å². The molecule has 0 radical (unpaired) electrons. The van der Waals surface area contributed by atoms with Gasteiger partial charge < -0.3 is 10.6 Å². The van der Waals surface area contributed by atoms with E-state index in [1.807, 2.05) is 4.90 Å². The Labute approximate surface area is 127 Å². The summed E-state index contributed by atoms with van der Waals surface area (Å²) >= 11 is 0. The molecule has 1 heterocycles. The highest BCUT2D eigenvalue weighted by atomic mass is 16.2. The van der Waals surface area contributed by atoms with E-state index in [1.165, 1.54) is 11.1 Å². The molecule has 2 fully saturated rings. The zero-order valence-electron chi connectivity index (χ0n) is 13.1. The molecule has 0 bridgehead atoms. The van der Waals surface area contributed by atoms with Crippen molar-refractivity contribution in [2.24, 2.45) is 17.6 Å². The smallest absolute Gasteiger partial charge is 0.226 e. The molecule has 2 aliphatic rings. The van der Waals surface area contributed by atoms with Crippen LogP contribution in [0.3, 0.4) is 0 Å². The topological polar surface area (TPSA) is 46.3 Å². The number of benzene rings is 1. The number of rotatable bonds is 4. The molecule has 21 heavy (non-hydrogen) atoms. The van der Waals surface area contributed by atoms with Gasteiger partial charge in [0.2, 0.25) is 5.91 Å². The Morgan fingerprint density at radius 1 is 1.33 bits per heavy atom. The monoisotopic (exact) mass is 286 g/mol. The van der Waals surface area contributed by atoms with E-state index in [-0.39, 0.29) is 5.92 Å². The minimum absolute atomic E-state index is 0.214. The summed E-state index contributed by atoms with van der Waals surface area (Å²) in [7, 11) is 0. The van der Waals surface area contributed by atoms with Gasteiger partial charge in [0.05, 0.1) is 0 Å². The molecule has 1 amide bonds. The van der Waals surface area contributed by atoms with Crippen LogP contribution in [0.25, 0.3) is 0 Å². The summed E-state index contributed by atoms with van der Waals surface area (Å²) in [4.78, 5) is 14.5. The van der Waals surface area contributed by atoms with Crippen molar-refractivity contribution in [2.75, 3.05) is 19.6 Å². The van der Waals surface area contributed by atoms with Crippen LogP contribution in [-0.2, 0) is 4.79 Å². The quantitative estimate of drug-likeness (QED) is 0.925. The van der Waals surface area contributed by atoms with Crippen molar-refractivity contribution >= 4 is 5.91 Å². The van der Waals surface area contributed by atoms with Crippen LogP contribution in [0.15, 0.2) is 24.3 Å². The summed E-state index contributed by atoms with van der Waals surface area (Å²) in [5, 5.41) is 0. The minimum atomic E-state index is 0.214. The molecule has 3 unspecified atom stereocenters. The molecule has 3 rings (SSSR count). The van der Waals surface area contributed by atoms with Crippen LogP contribution in [0.1, 0.15) is 49.7 Å². The number of carbonyl (C=O) groups excluding carboxylic acids is 1. The second kappa shape index (κ2) is 5.80. The van der Waals surface area contributed by atoms with Gasteiger partial charge >= 0.3 is 0 Å². The van der Waals surface area contributed by atoms with E-state index in [9.17, 15) is 4.79 Å². The number of nitrogens with zero attached hydrogens (tertiary/aromatic N) is 1. The van der Waals surface area contributed by atoms with Gasteiger partial charge in [-0.2, -0.15) is 0 Å². The maximum absolute atomic E-state index is 12.5. The number of carbonyl (C=O) groups is 1. The lowest BCUT2D eigenvalue weighted by Crippen LogP contribution is -2.31. The van der Waals surface area contributed by atoms with Gasteiger partial charge in [-0.3, -0.25) is 4.79 Å². The van der Waals surface area contributed by atoms with Gasteiger partial charge in [-0.1, -0.05) is 38.1 Å². The molecule has 1 aliphatic heterocycles. The van der Waals surface area contributed by atoms with Gasteiger partial charge in [0.15, 0.2) is 0 Å². The highest BCUT2D eigenvalue weighted by molar-refractivity contribution is 5.83. The number of amides is 1. The molecule has 114 valence electrons. The minimum Gasteiger partial charge on any atom is -0.342 e. The Hall–Kier alpha value is -1.35. The van der Waals surface area contributed by atoms with Gasteiger partial charge in [-0.05, 0) is 48.3 Å². The molecule has 0 spiro atoms. The van der Waals surface area contributed by atoms with E-state index in [0.29, 0.717) is 30.2 Å². The lowest BCUT2D eigenvalue weighted by atomic mass is 10.00. The lowest BCUT2D eigenvalue weighted by Gasteiger charge is -2.16. The Morgan fingerprint density at radius 3 is 2.62 bits per heavy atom. The van der Waals surface area contributed by atoms with Crippen LogP contribution in [0.4, 0.5) is 0 Å². The first-order chi connectivity index (χ1) is 10.1. The average Bonchev–Trinajstić information content (AvgIpc) is 3.15. The fraction of sp³-hybridized carbons (Fsp3) is 0.611. The summed E-state index contributed by atoms with van der Waals surface area (Å²) in [5.41, 5.74) is 8.40. The van der Waals surface area contributed by atoms with Crippen LogP contribution in [0.5, 0.6) is 0 Å². The van der Waals surface area contributed by atoms with Crippen molar-refractivity contribution in [1.82, 2.24) is 4.90 Å². The fourth-order valence-corrected chi connectivity index (χ4v) is 3.42. The second-order valence-electron chi connectivity index (χ2n) is 6.94. The van der Waals surface area contributed by atoms with Gasteiger partial charge in [0.25, 0.3) is 0 Å². The molecule has 1 saturated heterocycles. The molecule has 1 saturated carbocycles. The number of nitrogens with two attached hydrogens (primary N) is 1. The van der Waals surface area contributed by atoms with Gasteiger partial charge in [0, 0.05) is 19.0 Å². The van der Waals surface area contributed by atoms with E-state index in [0.717, 1.165) is 25.9 Å². The molecule has 1 aliphatic carbocycles. The van der Waals surface area contributed by atoms with E-state index >= 15 is 0 Å². The number of likely N-dealkylation sites (tertiary alicyclic amines) is 1. The van der Waals surface area contributed by atoms with Crippen molar-refractivity contribution in [3.05, 3.63) is 35.4 Å². The first-order valence-corrected chi connectivity index (χ1v) is 8.19. The standard InChI is InChI=1S/C18H26N2O/c1-12(2)14-3-5-15(6-4-14)16-9-17(16)18(21)20-8-7-13(10-19)11-20/h3-6,12-13,16-17H,7-11,19H2,1-2H3. The zero-order valence-corrected chi connectivity index (χ0v) is 13.1. The summed E-state index contributed by atoms with van der Waals surface area (Å²) in [6.07, 6.45) is 2.09. The van der Waals surface area contributed by atoms with Crippen LogP contribution in [0, 0.1) is 11.8 Å². The Balaban J connectivity index is 1.59. The SMILES string of the molecule is CC(C)c1ccc(C2CC2C(=O)N2CCC(CN)C2)cc1. The molecule has 3 atom stereocenters. The third-order valence-corrected chi connectivity index (χ3v) is 5.07. The Kier molecular flexibility index (Phi) is 4.03. The van der Waals surface area contributed by atoms with Crippen molar-refractivity contribution < 1.29 is 4.79 Å². The summed E-state index contributed by atoms with van der Waals surface area (Å²) < 4.78 is 0. The Morgan fingerprint density at radius 2 is 2.05 bits per heavy atom. The molecule has 3 heteroatoms. The fourth-order valence-electron chi connectivity index (χ4n) is 3.42. The van der Waals surface area contributed by atoms with Crippen LogP contribution in [0.2, 0.25) is 0 Å². The molecule has 1 aromatic carbocycles. The number of hydrogen-bond donors (Lipinski definition) is 1. The molecular formula is C18H26N2O. The first kappa shape index (κ1) is 14.6. The van der Waals surface area contributed by atoms with E-state index in [1.54, 1.807) is 0 Å². The van der Waals surface area contributed by atoms with Gasteiger partial charge in [-0.15, -0.1) is 0 Å². The van der Waals surface area contributed by atoms with E-state index in [2.05, 4.69) is 38.1 Å². The predicted octanol–water partition coefficient (Wildman–Crippen LogP) is 2.72. The second-order valence-corrected chi connectivity index (χ2v) is 6.94. The molecule has 1 aromatic rings. The van der Waals surface area contributed by atoms with Crippen LogP contribution >= 0.6 is 0 Å². The van der Waals surface area contributed by atoms with Gasteiger partial charge in [-0.25, -0.2) is 0 Å². The number of hydrogen-bond acceptors (Lipinski definition) is 2. The predicted molar refractivity (Wildman–Crippen MR) is 85.1 cm³/mol. The average molecular weight is 286 g/mol. The van der Waals surface area contributed by atoms with Crippen LogP contribution < -0.4 is 5.73 Å². The maximum atomic E-state index is 12.5. The highest BCUT2D eigenvalue weighted by Crippen LogP contribution is 2.49. The molecule has 2 N–H and O–H groups in total. The van der Waals surface area contributed by atoms with E-state index < -0.39 is 0 Å². The van der Waals surface area contributed by atoms with Crippen molar-refractivity contribution in [3.8, 4) is 0 Å². The van der Waals surface area contributed by atoms with Crippen molar-refractivity contribution in [2.45, 2.75) is 38.5 Å². The molecular weight excluding hydrogens is 260 g/mol. The zero-order chi connectivity index (χ0) is 15.0. The van der Waals surface area contributed by atoms with Crippen LogP contribution in [-0.4, -0.2) is 30.4 Å². The van der Waals surface area contributed by atoms with E-state index in [4.69, 9.17) is 5.73 Å². The third kappa shape index (κ3) is 2.98. The lowest BCUT2D eigenvalue weighted by molar-refractivity contribution is -0.131. The van der Waals surface area contributed by atoms with Crippen molar-refractivity contribution in [3.63, 3.8) is 0 Å². The highest BCUT2D eigenvalue weighted by Gasteiger charge is 2.46. The first-order valence-electron chi connectivity index (χ1n) is 8.19.